The summed E-state index contributed by atoms with van der Waals surface area (Å²) in [5, 5.41) is 8.50. The quantitative estimate of drug-likeness (QED) is 0.427. The smallest absolute Gasteiger partial charge is 0.267 e. The molecule has 0 spiro atoms. The third-order valence-electron chi connectivity index (χ3n) is 4.41. The molecule has 0 heterocycles. The fraction of sp³-hybridized carbons (Fsp3) is 0.211. The van der Waals surface area contributed by atoms with Crippen molar-refractivity contribution >= 4 is 22.0 Å². The summed E-state index contributed by atoms with van der Waals surface area (Å²) in [7, 11) is -3.58. The third kappa shape index (κ3) is 4.01. The highest BCUT2D eigenvalue weighted by Gasteiger charge is 2.27. The van der Waals surface area contributed by atoms with Gasteiger partial charge in [0.1, 0.15) is 0 Å². The first-order valence-corrected chi connectivity index (χ1v) is 9.71. The summed E-state index contributed by atoms with van der Waals surface area (Å²) in [4.78, 5) is 11.3. The van der Waals surface area contributed by atoms with Gasteiger partial charge in [-0.15, -0.1) is 0 Å². The van der Waals surface area contributed by atoms with Gasteiger partial charge in [-0.2, -0.15) is 0 Å². The highest BCUT2D eigenvalue weighted by atomic mass is 32.2. The summed E-state index contributed by atoms with van der Waals surface area (Å²) < 4.78 is 28.0. The maximum Gasteiger partial charge on any atom is 0.267 e. The monoisotopic (exact) mass is 372 g/mol. The molecule has 0 bridgehead atoms. The first-order valence-electron chi connectivity index (χ1n) is 8.23. The van der Waals surface area contributed by atoms with Crippen LogP contribution in [-0.4, -0.2) is 19.5 Å². The van der Waals surface area contributed by atoms with Gasteiger partial charge in [0.25, 0.3) is 5.91 Å². The average molecular weight is 372 g/mol. The molecule has 3 N–H and O–H groups in total. The van der Waals surface area contributed by atoms with Crippen LogP contribution < -0.4 is 10.2 Å². The first-order chi connectivity index (χ1) is 12.4. The lowest BCUT2D eigenvalue weighted by molar-refractivity contribution is -0.124. The molecule has 1 amide bonds. The van der Waals surface area contributed by atoms with Crippen molar-refractivity contribution in [2.24, 2.45) is 0 Å². The molecule has 1 aliphatic carbocycles. The minimum absolute atomic E-state index is 0.256. The lowest BCUT2D eigenvalue weighted by atomic mass is 10.0. The Bertz CT molecular complexity index is 950. The van der Waals surface area contributed by atoms with Gasteiger partial charge in [0.15, 0.2) is 0 Å². The van der Waals surface area contributed by atoms with E-state index >= 15 is 0 Å². The summed E-state index contributed by atoms with van der Waals surface area (Å²) in [6.07, 6.45) is 4.26. The van der Waals surface area contributed by atoms with Crippen LogP contribution in [0.1, 0.15) is 34.7 Å². The van der Waals surface area contributed by atoms with Crippen molar-refractivity contribution in [1.29, 1.82) is 0 Å². The van der Waals surface area contributed by atoms with Crippen LogP contribution >= 0.6 is 0 Å². The molecule has 0 saturated heterocycles. The zero-order valence-electron chi connectivity index (χ0n) is 14.3. The Hall–Kier alpha value is -2.48. The second-order valence-electron chi connectivity index (χ2n) is 6.29. The molecule has 0 saturated carbocycles. The van der Waals surface area contributed by atoms with Crippen LogP contribution in [0.25, 0.3) is 6.08 Å². The molecule has 0 fully saturated rings. The fourth-order valence-electron chi connectivity index (χ4n) is 3.05. The van der Waals surface area contributed by atoms with E-state index in [1.54, 1.807) is 30.3 Å². The van der Waals surface area contributed by atoms with Gasteiger partial charge in [-0.25, -0.2) is 18.6 Å². The Morgan fingerprint density at radius 1 is 1.19 bits per heavy atom. The average Bonchev–Trinajstić information content (AvgIpc) is 3.01. The van der Waals surface area contributed by atoms with Crippen molar-refractivity contribution in [3.63, 3.8) is 0 Å². The number of carbonyl (C=O) groups is 1. The number of hydroxylamine groups is 1. The van der Waals surface area contributed by atoms with Crippen molar-refractivity contribution in [1.82, 2.24) is 10.2 Å². The summed E-state index contributed by atoms with van der Waals surface area (Å²) >= 11 is 0. The van der Waals surface area contributed by atoms with Crippen molar-refractivity contribution in [3.8, 4) is 0 Å². The van der Waals surface area contributed by atoms with Gasteiger partial charge in [0.2, 0.25) is 10.0 Å². The Morgan fingerprint density at radius 3 is 2.62 bits per heavy atom. The summed E-state index contributed by atoms with van der Waals surface area (Å²) in [5.74, 6) is -0.603. The van der Waals surface area contributed by atoms with E-state index < -0.39 is 15.9 Å². The second kappa shape index (κ2) is 7.41. The molecule has 2 aromatic rings. The SMILES string of the molecule is Cc1ccc(S(=O)(=O)NC2CCc3cc(/C=C/C(=O)NO)ccc32)cc1. The molecule has 6 nitrogen and oxygen atoms in total. The van der Waals surface area contributed by atoms with Gasteiger partial charge >= 0.3 is 0 Å². The standard InChI is InChI=1S/C19H20N2O4S/c1-13-2-7-16(8-3-13)26(24,25)21-18-10-6-15-12-14(4-9-17(15)18)5-11-19(22)20-23/h2-5,7-9,11-12,18,21,23H,6,10H2,1H3,(H,20,22)/b11-5+. The zero-order valence-corrected chi connectivity index (χ0v) is 15.1. The molecule has 3 rings (SSSR count). The second-order valence-corrected chi connectivity index (χ2v) is 8.01. The summed E-state index contributed by atoms with van der Waals surface area (Å²) in [6.45, 7) is 1.91. The minimum atomic E-state index is -3.58. The van der Waals surface area contributed by atoms with Crippen LogP contribution in [0.5, 0.6) is 0 Å². The molecule has 2 aromatic carbocycles. The van der Waals surface area contributed by atoms with Crippen molar-refractivity contribution in [3.05, 3.63) is 70.8 Å². The highest BCUT2D eigenvalue weighted by Crippen LogP contribution is 2.33. The van der Waals surface area contributed by atoms with Gasteiger partial charge in [-0.05, 0) is 54.7 Å². The largest absolute Gasteiger partial charge is 0.288 e. The molecule has 26 heavy (non-hydrogen) atoms. The fourth-order valence-corrected chi connectivity index (χ4v) is 4.30. The van der Waals surface area contributed by atoms with Crippen LogP contribution in [0.2, 0.25) is 0 Å². The van der Waals surface area contributed by atoms with E-state index in [-0.39, 0.29) is 10.9 Å². The van der Waals surface area contributed by atoms with Crippen LogP contribution in [0.3, 0.4) is 0 Å². The van der Waals surface area contributed by atoms with Gasteiger partial charge < -0.3 is 0 Å². The van der Waals surface area contributed by atoms with Crippen LogP contribution in [0, 0.1) is 6.92 Å². The predicted molar refractivity (Wildman–Crippen MR) is 98.0 cm³/mol. The zero-order chi connectivity index (χ0) is 18.7. The Morgan fingerprint density at radius 2 is 1.92 bits per heavy atom. The Kier molecular flexibility index (Phi) is 5.22. The lowest BCUT2D eigenvalue weighted by Gasteiger charge is -2.15. The van der Waals surface area contributed by atoms with Gasteiger partial charge in [-0.3, -0.25) is 10.0 Å². The Labute approximate surface area is 152 Å². The van der Waals surface area contributed by atoms with E-state index in [0.717, 1.165) is 28.7 Å². The van der Waals surface area contributed by atoms with Crippen molar-refractivity contribution < 1.29 is 18.4 Å². The maximum atomic E-state index is 12.6. The number of hydrogen-bond acceptors (Lipinski definition) is 4. The normalized spacial score (nSPS) is 16.6. The van der Waals surface area contributed by atoms with E-state index in [9.17, 15) is 13.2 Å². The molecule has 7 heteroatoms. The highest BCUT2D eigenvalue weighted by molar-refractivity contribution is 7.89. The van der Waals surface area contributed by atoms with E-state index in [0.29, 0.717) is 6.42 Å². The van der Waals surface area contributed by atoms with Gasteiger partial charge in [0, 0.05) is 12.1 Å². The summed E-state index contributed by atoms with van der Waals surface area (Å²) in [6, 6.07) is 12.1. The van der Waals surface area contributed by atoms with E-state index in [1.165, 1.54) is 11.6 Å². The molecule has 1 aliphatic rings. The van der Waals surface area contributed by atoms with Gasteiger partial charge in [-0.1, -0.05) is 35.9 Å². The number of hydrogen-bond donors (Lipinski definition) is 3. The molecule has 1 atom stereocenters. The van der Waals surface area contributed by atoms with Crippen LogP contribution in [-0.2, 0) is 21.2 Å². The molecular formula is C19H20N2O4S. The number of rotatable bonds is 5. The first kappa shape index (κ1) is 18.3. The van der Waals surface area contributed by atoms with Gasteiger partial charge in [0.05, 0.1) is 4.90 Å². The van der Waals surface area contributed by atoms with Crippen LogP contribution in [0.15, 0.2) is 53.4 Å². The number of fused-ring (bicyclic) bond motifs is 1. The lowest BCUT2D eigenvalue weighted by Crippen LogP contribution is -2.27. The summed E-state index contributed by atoms with van der Waals surface area (Å²) in [5.41, 5.74) is 5.35. The predicted octanol–water partition coefficient (Wildman–Crippen LogP) is 2.48. The number of amides is 1. The number of benzene rings is 2. The Balaban J connectivity index is 1.78. The molecule has 0 radical (unpaired) electrons. The van der Waals surface area contributed by atoms with Crippen molar-refractivity contribution in [2.75, 3.05) is 0 Å². The minimum Gasteiger partial charge on any atom is -0.288 e. The molecular weight excluding hydrogens is 352 g/mol. The maximum absolute atomic E-state index is 12.6. The van der Waals surface area contributed by atoms with E-state index in [4.69, 9.17) is 5.21 Å². The van der Waals surface area contributed by atoms with E-state index in [2.05, 4.69) is 4.72 Å². The molecule has 1 unspecified atom stereocenters. The molecule has 0 aliphatic heterocycles. The third-order valence-corrected chi connectivity index (χ3v) is 5.90. The number of carbonyl (C=O) groups excluding carboxylic acids is 1. The molecule has 0 aromatic heterocycles. The topological polar surface area (TPSA) is 95.5 Å². The number of aryl methyl sites for hydroxylation is 2. The molecule has 136 valence electrons. The van der Waals surface area contributed by atoms with Crippen LogP contribution in [0.4, 0.5) is 0 Å². The van der Waals surface area contributed by atoms with E-state index in [1.807, 2.05) is 25.1 Å². The number of nitrogens with one attached hydrogen (secondary N) is 2. The van der Waals surface area contributed by atoms with Crippen molar-refractivity contribution in [2.45, 2.75) is 30.7 Å². The number of sulfonamides is 1.